The van der Waals surface area contributed by atoms with Crippen molar-refractivity contribution in [1.82, 2.24) is 9.88 Å². The molecule has 132 valence electrons. The molecule has 1 aromatic heterocycles. The molecule has 4 heteroatoms. The molecule has 1 saturated heterocycles. The number of benzene rings is 1. The SMILES string of the molecule is Cc1nc(C(=O)N2CCCC(c3ccccc3)C2)ccc1OC(C)C. The van der Waals surface area contributed by atoms with Crippen LogP contribution in [0.1, 0.15) is 54.4 Å². The molecule has 0 saturated carbocycles. The quantitative estimate of drug-likeness (QED) is 0.839. The summed E-state index contributed by atoms with van der Waals surface area (Å²) in [6.45, 7) is 7.41. The molecule has 1 aliphatic rings. The minimum Gasteiger partial charge on any atom is -0.489 e. The van der Waals surface area contributed by atoms with Gasteiger partial charge in [-0.25, -0.2) is 4.98 Å². The summed E-state index contributed by atoms with van der Waals surface area (Å²) in [5.41, 5.74) is 2.57. The molecule has 2 aromatic rings. The number of nitrogens with zero attached hydrogens (tertiary/aromatic N) is 2. The zero-order valence-electron chi connectivity index (χ0n) is 15.2. The van der Waals surface area contributed by atoms with Crippen molar-refractivity contribution in [3.8, 4) is 5.75 Å². The lowest BCUT2D eigenvalue weighted by Crippen LogP contribution is -2.39. The molecule has 1 atom stereocenters. The molecule has 0 bridgehead atoms. The Morgan fingerprint density at radius 2 is 1.96 bits per heavy atom. The summed E-state index contributed by atoms with van der Waals surface area (Å²) in [6.07, 6.45) is 2.25. The third kappa shape index (κ3) is 4.19. The van der Waals surface area contributed by atoms with Crippen molar-refractivity contribution < 1.29 is 9.53 Å². The third-order valence-electron chi connectivity index (χ3n) is 4.60. The third-order valence-corrected chi connectivity index (χ3v) is 4.60. The zero-order chi connectivity index (χ0) is 17.8. The second kappa shape index (κ2) is 7.68. The van der Waals surface area contributed by atoms with Gasteiger partial charge in [0.2, 0.25) is 0 Å². The number of pyridine rings is 1. The smallest absolute Gasteiger partial charge is 0.272 e. The maximum atomic E-state index is 12.9. The molecule has 1 fully saturated rings. The number of carbonyl (C=O) groups excluding carboxylic acids is 1. The largest absolute Gasteiger partial charge is 0.489 e. The van der Waals surface area contributed by atoms with Gasteiger partial charge in [-0.1, -0.05) is 30.3 Å². The van der Waals surface area contributed by atoms with E-state index in [4.69, 9.17) is 4.74 Å². The lowest BCUT2D eigenvalue weighted by Gasteiger charge is -2.33. The van der Waals surface area contributed by atoms with Crippen molar-refractivity contribution in [2.45, 2.75) is 45.6 Å². The molecule has 0 spiro atoms. The fraction of sp³-hybridized carbons (Fsp3) is 0.429. The van der Waals surface area contributed by atoms with E-state index in [1.165, 1.54) is 5.56 Å². The molecule has 0 radical (unpaired) electrons. The van der Waals surface area contributed by atoms with Crippen LogP contribution in [0.15, 0.2) is 42.5 Å². The lowest BCUT2D eigenvalue weighted by atomic mass is 9.90. The Morgan fingerprint density at radius 3 is 2.64 bits per heavy atom. The highest BCUT2D eigenvalue weighted by molar-refractivity contribution is 5.92. The normalized spacial score (nSPS) is 17.6. The van der Waals surface area contributed by atoms with Crippen molar-refractivity contribution in [2.75, 3.05) is 13.1 Å². The number of carbonyl (C=O) groups is 1. The van der Waals surface area contributed by atoms with Gasteiger partial charge in [-0.2, -0.15) is 0 Å². The highest BCUT2D eigenvalue weighted by Gasteiger charge is 2.26. The molecule has 4 nitrogen and oxygen atoms in total. The first-order valence-corrected chi connectivity index (χ1v) is 9.03. The summed E-state index contributed by atoms with van der Waals surface area (Å²) in [5.74, 6) is 1.16. The molecule has 2 heterocycles. The molecule has 1 amide bonds. The predicted octanol–water partition coefficient (Wildman–Crippen LogP) is 4.20. The number of rotatable bonds is 4. The molecule has 0 aliphatic carbocycles. The highest BCUT2D eigenvalue weighted by Crippen LogP contribution is 2.27. The molecular weight excluding hydrogens is 312 g/mol. The van der Waals surface area contributed by atoms with Crippen LogP contribution in [-0.4, -0.2) is 35.0 Å². The number of ether oxygens (including phenoxy) is 1. The number of hydrogen-bond donors (Lipinski definition) is 0. The fourth-order valence-corrected chi connectivity index (χ4v) is 3.37. The van der Waals surface area contributed by atoms with E-state index >= 15 is 0 Å². The van der Waals surface area contributed by atoms with Crippen molar-refractivity contribution in [1.29, 1.82) is 0 Å². The van der Waals surface area contributed by atoms with Gasteiger partial charge in [-0.05, 0) is 51.3 Å². The zero-order valence-corrected chi connectivity index (χ0v) is 15.2. The number of piperidine rings is 1. The molecule has 1 unspecified atom stereocenters. The van der Waals surface area contributed by atoms with E-state index in [0.29, 0.717) is 11.6 Å². The van der Waals surface area contributed by atoms with Gasteiger partial charge in [0, 0.05) is 19.0 Å². The summed E-state index contributed by atoms with van der Waals surface area (Å²) >= 11 is 0. The van der Waals surface area contributed by atoms with Crippen LogP contribution in [0.3, 0.4) is 0 Å². The van der Waals surface area contributed by atoms with Gasteiger partial charge in [0.25, 0.3) is 5.91 Å². The Hall–Kier alpha value is -2.36. The average molecular weight is 338 g/mol. The Morgan fingerprint density at radius 1 is 1.20 bits per heavy atom. The van der Waals surface area contributed by atoms with E-state index in [2.05, 4.69) is 29.2 Å². The number of hydrogen-bond acceptors (Lipinski definition) is 3. The van der Waals surface area contributed by atoms with Crippen LogP contribution >= 0.6 is 0 Å². The van der Waals surface area contributed by atoms with Crippen molar-refractivity contribution in [3.05, 3.63) is 59.4 Å². The molecular formula is C21H26N2O2. The minimum absolute atomic E-state index is 0.0137. The first-order chi connectivity index (χ1) is 12.0. The summed E-state index contributed by atoms with van der Waals surface area (Å²) in [4.78, 5) is 19.3. The van der Waals surface area contributed by atoms with Crippen LogP contribution in [0, 0.1) is 6.92 Å². The summed E-state index contributed by atoms with van der Waals surface area (Å²) < 4.78 is 5.71. The summed E-state index contributed by atoms with van der Waals surface area (Å²) in [7, 11) is 0. The van der Waals surface area contributed by atoms with Crippen molar-refractivity contribution >= 4 is 5.91 Å². The van der Waals surface area contributed by atoms with Crippen LogP contribution in [0.4, 0.5) is 0 Å². The van der Waals surface area contributed by atoms with Crippen molar-refractivity contribution in [2.24, 2.45) is 0 Å². The van der Waals surface area contributed by atoms with E-state index in [1.54, 1.807) is 6.07 Å². The maximum Gasteiger partial charge on any atom is 0.272 e. The molecule has 1 aromatic carbocycles. The van der Waals surface area contributed by atoms with Crippen LogP contribution in [0.5, 0.6) is 5.75 Å². The monoisotopic (exact) mass is 338 g/mol. The Balaban J connectivity index is 1.73. The van der Waals surface area contributed by atoms with Gasteiger partial charge in [-0.15, -0.1) is 0 Å². The molecule has 25 heavy (non-hydrogen) atoms. The van der Waals surface area contributed by atoms with Gasteiger partial charge in [0.15, 0.2) is 0 Å². The number of likely N-dealkylation sites (tertiary alicyclic amines) is 1. The van der Waals surface area contributed by atoms with E-state index < -0.39 is 0 Å². The molecule has 1 aliphatic heterocycles. The second-order valence-electron chi connectivity index (χ2n) is 6.95. The number of amides is 1. The molecule has 0 N–H and O–H groups in total. The Bertz CT molecular complexity index is 728. The molecule has 3 rings (SSSR count). The van der Waals surface area contributed by atoms with E-state index in [-0.39, 0.29) is 12.0 Å². The Labute approximate surface area is 149 Å². The van der Waals surface area contributed by atoms with Crippen molar-refractivity contribution in [3.63, 3.8) is 0 Å². The summed E-state index contributed by atoms with van der Waals surface area (Å²) in [6, 6.07) is 14.1. The highest BCUT2D eigenvalue weighted by atomic mass is 16.5. The fourth-order valence-electron chi connectivity index (χ4n) is 3.37. The van der Waals surface area contributed by atoms with E-state index in [1.807, 2.05) is 37.8 Å². The predicted molar refractivity (Wildman–Crippen MR) is 99.1 cm³/mol. The van der Waals surface area contributed by atoms with Gasteiger partial charge in [0.1, 0.15) is 11.4 Å². The standard InChI is InChI=1S/C21H26N2O2/c1-15(2)25-20-12-11-19(22-16(20)3)21(24)23-13-7-10-18(14-23)17-8-5-4-6-9-17/h4-6,8-9,11-12,15,18H,7,10,13-14H2,1-3H3. The van der Waals surface area contributed by atoms with E-state index in [9.17, 15) is 4.79 Å². The summed E-state index contributed by atoms with van der Waals surface area (Å²) in [5, 5.41) is 0. The van der Waals surface area contributed by atoms with E-state index in [0.717, 1.165) is 37.4 Å². The second-order valence-corrected chi connectivity index (χ2v) is 6.95. The number of aromatic nitrogens is 1. The van der Waals surface area contributed by atoms with Gasteiger partial charge < -0.3 is 9.64 Å². The van der Waals surface area contributed by atoms with Crippen LogP contribution in [-0.2, 0) is 0 Å². The van der Waals surface area contributed by atoms with Gasteiger partial charge >= 0.3 is 0 Å². The lowest BCUT2D eigenvalue weighted by molar-refractivity contribution is 0.0700. The Kier molecular flexibility index (Phi) is 5.37. The van der Waals surface area contributed by atoms with Crippen LogP contribution < -0.4 is 4.74 Å². The van der Waals surface area contributed by atoms with Gasteiger partial charge in [-0.3, -0.25) is 4.79 Å². The van der Waals surface area contributed by atoms with Crippen LogP contribution in [0.25, 0.3) is 0 Å². The maximum absolute atomic E-state index is 12.9. The number of aryl methyl sites for hydroxylation is 1. The van der Waals surface area contributed by atoms with Gasteiger partial charge in [0.05, 0.1) is 11.8 Å². The topological polar surface area (TPSA) is 42.4 Å². The first kappa shape index (κ1) is 17.5. The first-order valence-electron chi connectivity index (χ1n) is 9.03. The minimum atomic E-state index is 0.0137. The average Bonchev–Trinajstić information content (AvgIpc) is 2.63. The van der Waals surface area contributed by atoms with Crippen LogP contribution in [0.2, 0.25) is 0 Å².